The van der Waals surface area contributed by atoms with Crippen molar-refractivity contribution in [1.82, 2.24) is 0 Å². The standard InChI is InChI=1S/C11H15O3P/c1-8(2)15(12)13-9(3)10-6-4-5-7-11(10)14-15/h4-9H,1-3H3. The molecule has 1 aliphatic heterocycles. The predicted molar refractivity (Wildman–Crippen MR) is 59.3 cm³/mol. The summed E-state index contributed by atoms with van der Waals surface area (Å²) in [6, 6.07) is 7.57. The van der Waals surface area contributed by atoms with Gasteiger partial charge in [0.1, 0.15) is 5.75 Å². The normalized spacial score (nSPS) is 29.7. The Kier molecular flexibility index (Phi) is 2.61. The minimum Gasteiger partial charge on any atom is -0.424 e. The van der Waals surface area contributed by atoms with Gasteiger partial charge in [-0.2, -0.15) is 0 Å². The smallest absolute Gasteiger partial charge is 0.382 e. The van der Waals surface area contributed by atoms with E-state index in [9.17, 15) is 4.57 Å². The monoisotopic (exact) mass is 226 g/mol. The van der Waals surface area contributed by atoms with Crippen LogP contribution in [0.5, 0.6) is 5.75 Å². The zero-order valence-corrected chi connectivity index (χ0v) is 10.0. The maximum atomic E-state index is 12.3. The second-order valence-electron chi connectivity index (χ2n) is 4.01. The largest absolute Gasteiger partial charge is 0.424 e. The fourth-order valence-electron chi connectivity index (χ4n) is 1.56. The van der Waals surface area contributed by atoms with Crippen LogP contribution in [-0.2, 0) is 9.09 Å². The van der Waals surface area contributed by atoms with Gasteiger partial charge in [0.15, 0.2) is 0 Å². The van der Waals surface area contributed by atoms with Crippen molar-refractivity contribution < 1.29 is 13.6 Å². The number of benzene rings is 1. The van der Waals surface area contributed by atoms with Gasteiger partial charge in [-0.05, 0) is 13.0 Å². The highest BCUT2D eigenvalue weighted by Crippen LogP contribution is 2.60. The summed E-state index contributed by atoms with van der Waals surface area (Å²) in [6.45, 7) is 5.60. The maximum absolute atomic E-state index is 12.3. The molecule has 0 fully saturated rings. The van der Waals surface area contributed by atoms with E-state index in [1.165, 1.54) is 0 Å². The molecule has 0 aromatic heterocycles. The molecule has 1 heterocycles. The van der Waals surface area contributed by atoms with Gasteiger partial charge >= 0.3 is 7.60 Å². The SMILES string of the molecule is CC1OP(=O)(C(C)C)Oc2ccccc21. The van der Waals surface area contributed by atoms with Crippen LogP contribution < -0.4 is 4.52 Å². The third-order valence-corrected chi connectivity index (χ3v) is 4.85. The highest BCUT2D eigenvalue weighted by Gasteiger charge is 2.38. The van der Waals surface area contributed by atoms with Crippen LogP contribution in [0.25, 0.3) is 0 Å². The van der Waals surface area contributed by atoms with E-state index in [1.807, 2.05) is 45.0 Å². The van der Waals surface area contributed by atoms with E-state index in [4.69, 9.17) is 9.05 Å². The molecule has 4 heteroatoms. The van der Waals surface area contributed by atoms with Gasteiger partial charge in [0, 0.05) is 5.56 Å². The van der Waals surface area contributed by atoms with Crippen molar-refractivity contribution in [3.8, 4) is 5.75 Å². The Balaban J connectivity index is 2.43. The fraction of sp³-hybridized carbons (Fsp3) is 0.455. The molecule has 0 spiro atoms. The summed E-state index contributed by atoms with van der Waals surface area (Å²) in [5.41, 5.74) is 0.845. The highest BCUT2D eigenvalue weighted by molar-refractivity contribution is 7.55. The molecule has 1 aliphatic rings. The van der Waals surface area contributed by atoms with Gasteiger partial charge in [0.05, 0.1) is 11.8 Å². The molecule has 1 aromatic rings. The summed E-state index contributed by atoms with van der Waals surface area (Å²) in [6.07, 6.45) is -0.164. The molecule has 82 valence electrons. The lowest BCUT2D eigenvalue weighted by atomic mass is 10.1. The summed E-state index contributed by atoms with van der Waals surface area (Å²) in [5.74, 6) is 0.688. The molecule has 1 aromatic carbocycles. The molecular formula is C11H15O3P. The average molecular weight is 226 g/mol. The Morgan fingerprint density at radius 1 is 1.33 bits per heavy atom. The van der Waals surface area contributed by atoms with Gasteiger partial charge in [0.25, 0.3) is 0 Å². The Bertz CT molecular complexity index is 414. The minimum atomic E-state index is -2.97. The van der Waals surface area contributed by atoms with E-state index in [0.29, 0.717) is 5.75 Å². The summed E-state index contributed by atoms with van der Waals surface area (Å²) in [7, 11) is -2.97. The first-order valence-corrected chi connectivity index (χ1v) is 6.71. The molecule has 0 bridgehead atoms. The summed E-state index contributed by atoms with van der Waals surface area (Å²) < 4.78 is 23.2. The van der Waals surface area contributed by atoms with Crippen molar-refractivity contribution in [2.45, 2.75) is 32.5 Å². The van der Waals surface area contributed by atoms with Crippen LogP contribution in [0.1, 0.15) is 32.4 Å². The summed E-state index contributed by atoms with van der Waals surface area (Å²) >= 11 is 0. The maximum Gasteiger partial charge on any atom is 0.382 e. The predicted octanol–water partition coefficient (Wildman–Crippen LogP) is 3.76. The molecular weight excluding hydrogens is 211 g/mol. The van der Waals surface area contributed by atoms with E-state index >= 15 is 0 Å². The van der Waals surface area contributed by atoms with Crippen molar-refractivity contribution in [3.05, 3.63) is 29.8 Å². The molecule has 0 aliphatic carbocycles. The lowest BCUT2D eigenvalue weighted by Crippen LogP contribution is -2.16. The zero-order valence-electron chi connectivity index (χ0n) is 9.14. The van der Waals surface area contributed by atoms with Crippen LogP contribution in [0, 0.1) is 0 Å². The van der Waals surface area contributed by atoms with E-state index in [1.54, 1.807) is 0 Å². The molecule has 2 atom stereocenters. The van der Waals surface area contributed by atoms with Crippen molar-refractivity contribution >= 4 is 7.60 Å². The number of hydrogen-bond acceptors (Lipinski definition) is 3. The highest BCUT2D eigenvalue weighted by atomic mass is 31.2. The van der Waals surface area contributed by atoms with Crippen molar-refractivity contribution in [2.75, 3.05) is 0 Å². The molecule has 15 heavy (non-hydrogen) atoms. The quantitative estimate of drug-likeness (QED) is 0.684. The van der Waals surface area contributed by atoms with Crippen LogP contribution in [0.4, 0.5) is 0 Å². The van der Waals surface area contributed by atoms with Crippen molar-refractivity contribution in [2.24, 2.45) is 0 Å². The van der Waals surface area contributed by atoms with E-state index in [2.05, 4.69) is 0 Å². The Hall–Kier alpha value is -0.790. The van der Waals surface area contributed by atoms with Crippen LogP contribution in [0.15, 0.2) is 24.3 Å². The average Bonchev–Trinajstić information content (AvgIpc) is 2.17. The second-order valence-corrected chi connectivity index (χ2v) is 6.52. The molecule has 2 unspecified atom stereocenters. The van der Waals surface area contributed by atoms with Gasteiger partial charge in [-0.3, -0.25) is 4.52 Å². The summed E-state index contributed by atoms with van der Waals surface area (Å²) in [5, 5.41) is 0. The number of hydrogen-bond donors (Lipinski definition) is 0. The number of fused-ring (bicyclic) bond motifs is 1. The van der Waals surface area contributed by atoms with Gasteiger partial charge in [-0.1, -0.05) is 32.0 Å². The molecule has 0 amide bonds. The first kappa shape index (κ1) is 10.7. The molecule has 0 N–H and O–H groups in total. The summed E-state index contributed by atoms with van der Waals surface area (Å²) in [4.78, 5) is 0. The van der Waals surface area contributed by atoms with Crippen LogP contribution in [0.2, 0.25) is 0 Å². The van der Waals surface area contributed by atoms with Crippen LogP contribution in [-0.4, -0.2) is 5.66 Å². The van der Waals surface area contributed by atoms with E-state index in [-0.39, 0.29) is 11.8 Å². The van der Waals surface area contributed by atoms with Crippen LogP contribution >= 0.6 is 7.60 Å². The van der Waals surface area contributed by atoms with Crippen LogP contribution in [0.3, 0.4) is 0 Å². The first-order valence-electron chi connectivity index (χ1n) is 5.09. The van der Waals surface area contributed by atoms with Gasteiger partial charge in [-0.15, -0.1) is 0 Å². The van der Waals surface area contributed by atoms with Gasteiger partial charge in [0.2, 0.25) is 0 Å². The fourth-order valence-corrected chi connectivity index (χ4v) is 3.05. The van der Waals surface area contributed by atoms with E-state index in [0.717, 1.165) is 5.56 Å². The molecule has 0 saturated heterocycles. The third kappa shape index (κ3) is 1.82. The zero-order chi connectivity index (χ0) is 11.1. The first-order chi connectivity index (χ1) is 7.03. The molecule has 0 saturated carbocycles. The lowest BCUT2D eigenvalue weighted by molar-refractivity contribution is 0.170. The van der Waals surface area contributed by atoms with Gasteiger partial charge < -0.3 is 4.52 Å². The Morgan fingerprint density at radius 2 is 2.00 bits per heavy atom. The third-order valence-electron chi connectivity index (χ3n) is 2.52. The molecule has 2 rings (SSSR count). The Labute approximate surface area is 89.9 Å². The molecule has 3 nitrogen and oxygen atoms in total. The minimum absolute atomic E-state index is 0.117. The Morgan fingerprint density at radius 3 is 2.67 bits per heavy atom. The van der Waals surface area contributed by atoms with Crippen molar-refractivity contribution in [3.63, 3.8) is 0 Å². The van der Waals surface area contributed by atoms with Crippen molar-refractivity contribution in [1.29, 1.82) is 0 Å². The second kappa shape index (κ2) is 3.66. The lowest BCUT2D eigenvalue weighted by Gasteiger charge is -2.32. The number of para-hydroxylation sites is 1. The van der Waals surface area contributed by atoms with Gasteiger partial charge in [-0.25, -0.2) is 4.57 Å². The topological polar surface area (TPSA) is 35.5 Å². The van der Waals surface area contributed by atoms with E-state index < -0.39 is 7.60 Å². The molecule has 0 radical (unpaired) electrons. The number of rotatable bonds is 1.